The lowest BCUT2D eigenvalue weighted by Crippen LogP contribution is -1.97. The van der Waals surface area contributed by atoms with Gasteiger partial charge in [0, 0.05) is 27.6 Å². The van der Waals surface area contributed by atoms with Crippen LogP contribution in [0.25, 0.3) is 22.9 Å². The van der Waals surface area contributed by atoms with E-state index in [1.165, 1.54) is 11.3 Å². The first-order valence-electron chi connectivity index (χ1n) is 8.87. The van der Waals surface area contributed by atoms with E-state index in [9.17, 15) is 5.26 Å². The van der Waals surface area contributed by atoms with Crippen LogP contribution in [0.5, 0.6) is 11.5 Å². The van der Waals surface area contributed by atoms with Crippen molar-refractivity contribution in [3.05, 3.63) is 63.4 Å². The summed E-state index contributed by atoms with van der Waals surface area (Å²) in [5.74, 6) is 1.41. The number of halogens is 1. The fraction of sp³-hybridized carbons (Fsp3) is 0.182. The molecule has 0 aliphatic heterocycles. The molecule has 0 radical (unpaired) electrons. The van der Waals surface area contributed by atoms with Crippen molar-refractivity contribution in [2.24, 2.45) is 0 Å². The summed E-state index contributed by atoms with van der Waals surface area (Å²) in [6.45, 7) is 4.96. The van der Waals surface area contributed by atoms with E-state index >= 15 is 0 Å². The van der Waals surface area contributed by atoms with E-state index in [1.54, 1.807) is 6.08 Å². The van der Waals surface area contributed by atoms with Crippen LogP contribution in [0.4, 0.5) is 0 Å². The first-order chi connectivity index (χ1) is 13.6. The Morgan fingerprint density at radius 2 is 1.89 bits per heavy atom. The predicted octanol–water partition coefficient (Wildman–Crippen LogP) is 6.33. The number of nitrogens with zero attached hydrogens (tertiary/aromatic N) is 2. The Balaban J connectivity index is 1.94. The van der Waals surface area contributed by atoms with Crippen molar-refractivity contribution in [3.8, 4) is 28.8 Å². The van der Waals surface area contributed by atoms with E-state index in [1.807, 2.05) is 61.7 Å². The highest BCUT2D eigenvalue weighted by atomic mass is 35.5. The highest BCUT2D eigenvalue weighted by Crippen LogP contribution is 2.31. The lowest BCUT2D eigenvalue weighted by molar-refractivity contribution is 0.322. The van der Waals surface area contributed by atoms with Gasteiger partial charge in [0.25, 0.3) is 0 Å². The minimum Gasteiger partial charge on any atom is -0.494 e. The standard InChI is InChI=1S/C22H19ClN2O2S/c1-3-26-19-10-7-16(21(12-19)27-4-2)11-17(13-24)22-25-20(14-28-22)15-5-8-18(23)9-6-15/h5-12,14H,3-4H2,1-2H3/b17-11+. The summed E-state index contributed by atoms with van der Waals surface area (Å²) in [5, 5.41) is 13.0. The van der Waals surface area contributed by atoms with Gasteiger partial charge in [-0.05, 0) is 44.2 Å². The molecule has 1 aromatic heterocycles. The molecule has 0 saturated carbocycles. The number of aromatic nitrogens is 1. The molecule has 0 saturated heterocycles. The molecule has 3 aromatic rings. The quantitative estimate of drug-likeness (QED) is 0.427. The number of nitriles is 1. The maximum atomic E-state index is 9.68. The van der Waals surface area contributed by atoms with Gasteiger partial charge in [-0.3, -0.25) is 0 Å². The minimum absolute atomic E-state index is 0.482. The van der Waals surface area contributed by atoms with E-state index < -0.39 is 0 Å². The Labute approximate surface area is 173 Å². The third-order valence-corrected chi connectivity index (χ3v) is 5.02. The lowest BCUT2D eigenvalue weighted by atomic mass is 10.1. The van der Waals surface area contributed by atoms with E-state index in [-0.39, 0.29) is 0 Å². The van der Waals surface area contributed by atoms with Crippen molar-refractivity contribution in [2.75, 3.05) is 13.2 Å². The first kappa shape index (κ1) is 19.9. The van der Waals surface area contributed by atoms with Crippen molar-refractivity contribution in [1.29, 1.82) is 5.26 Å². The summed E-state index contributed by atoms with van der Waals surface area (Å²) >= 11 is 7.38. The molecular weight excluding hydrogens is 392 g/mol. The van der Waals surface area contributed by atoms with Crippen LogP contribution >= 0.6 is 22.9 Å². The Morgan fingerprint density at radius 3 is 2.57 bits per heavy atom. The molecule has 0 unspecified atom stereocenters. The van der Waals surface area contributed by atoms with Crippen LogP contribution in [0.15, 0.2) is 47.8 Å². The molecule has 0 N–H and O–H groups in total. The zero-order valence-electron chi connectivity index (χ0n) is 15.6. The van der Waals surface area contributed by atoms with Gasteiger partial charge >= 0.3 is 0 Å². The molecule has 6 heteroatoms. The molecule has 142 valence electrons. The van der Waals surface area contributed by atoms with Crippen molar-refractivity contribution < 1.29 is 9.47 Å². The topological polar surface area (TPSA) is 55.1 Å². The summed E-state index contributed by atoms with van der Waals surface area (Å²) in [5.41, 5.74) is 3.07. The fourth-order valence-electron chi connectivity index (χ4n) is 2.62. The number of thiazole rings is 1. The molecule has 0 bridgehead atoms. The summed E-state index contributed by atoms with van der Waals surface area (Å²) in [6, 6.07) is 15.3. The lowest BCUT2D eigenvalue weighted by Gasteiger charge is -2.10. The zero-order chi connectivity index (χ0) is 19.9. The van der Waals surface area contributed by atoms with E-state index in [4.69, 9.17) is 21.1 Å². The van der Waals surface area contributed by atoms with E-state index in [2.05, 4.69) is 11.1 Å². The molecule has 2 aromatic carbocycles. The summed E-state index contributed by atoms with van der Waals surface area (Å²) in [7, 11) is 0. The Kier molecular flexibility index (Phi) is 6.70. The van der Waals surface area contributed by atoms with Gasteiger partial charge in [-0.1, -0.05) is 23.7 Å². The maximum Gasteiger partial charge on any atom is 0.134 e. The van der Waals surface area contributed by atoms with E-state index in [0.717, 1.165) is 22.6 Å². The summed E-state index contributed by atoms with van der Waals surface area (Å²) in [4.78, 5) is 4.62. The number of hydrogen-bond donors (Lipinski definition) is 0. The molecule has 4 nitrogen and oxygen atoms in total. The first-order valence-corrected chi connectivity index (χ1v) is 10.1. The van der Waals surface area contributed by atoms with Crippen molar-refractivity contribution in [1.82, 2.24) is 4.98 Å². The number of benzene rings is 2. The number of rotatable bonds is 7. The minimum atomic E-state index is 0.482. The normalized spacial score (nSPS) is 11.1. The second-order valence-electron chi connectivity index (χ2n) is 5.78. The molecule has 0 amide bonds. The largest absolute Gasteiger partial charge is 0.494 e. The number of hydrogen-bond acceptors (Lipinski definition) is 5. The molecule has 0 aliphatic carbocycles. The molecule has 0 atom stereocenters. The van der Waals surface area contributed by atoms with Crippen LogP contribution in [0.1, 0.15) is 24.4 Å². The molecule has 1 heterocycles. The highest BCUT2D eigenvalue weighted by Gasteiger charge is 2.11. The van der Waals surface area contributed by atoms with Crippen LogP contribution in [-0.2, 0) is 0 Å². The molecular formula is C22H19ClN2O2S. The average molecular weight is 411 g/mol. The van der Waals surface area contributed by atoms with Gasteiger partial charge in [-0.25, -0.2) is 4.98 Å². The number of allylic oxidation sites excluding steroid dienone is 1. The molecule has 3 rings (SSSR count). The highest BCUT2D eigenvalue weighted by molar-refractivity contribution is 7.11. The number of ether oxygens (including phenoxy) is 2. The molecule has 0 spiro atoms. The van der Waals surface area contributed by atoms with Crippen LogP contribution in [0.2, 0.25) is 5.02 Å². The van der Waals surface area contributed by atoms with Gasteiger partial charge in [0.05, 0.1) is 24.5 Å². The predicted molar refractivity (Wildman–Crippen MR) is 115 cm³/mol. The third-order valence-electron chi connectivity index (χ3n) is 3.89. The fourth-order valence-corrected chi connectivity index (χ4v) is 3.54. The second-order valence-corrected chi connectivity index (χ2v) is 7.07. The van der Waals surface area contributed by atoms with Crippen molar-refractivity contribution >= 4 is 34.6 Å². The average Bonchev–Trinajstić information content (AvgIpc) is 3.18. The Morgan fingerprint density at radius 1 is 1.14 bits per heavy atom. The van der Waals surface area contributed by atoms with Gasteiger partial charge in [0.15, 0.2) is 0 Å². The monoisotopic (exact) mass is 410 g/mol. The summed E-state index contributed by atoms with van der Waals surface area (Å²) in [6.07, 6.45) is 1.80. The van der Waals surface area contributed by atoms with Crippen molar-refractivity contribution in [2.45, 2.75) is 13.8 Å². The Hall–Kier alpha value is -2.81. The van der Waals surface area contributed by atoms with Gasteiger partial charge in [-0.2, -0.15) is 5.26 Å². The van der Waals surface area contributed by atoms with Crippen molar-refractivity contribution in [3.63, 3.8) is 0 Å². The van der Waals surface area contributed by atoms with Crippen LogP contribution in [0, 0.1) is 11.3 Å². The summed E-state index contributed by atoms with van der Waals surface area (Å²) < 4.78 is 11.3. The van der Waals surface area contributed by atoms with Crippen LogP contribution in [-0.4, -0.2) is 18.2 Å². The van der Waals surface area contributed by atoms with Gasteiger partial charge in [-0.15, -0.1) is 11.3 Å². The Bertz CT molecular complexity index is 1020. The molecule has 0 aliphatic rings. The van der Waals surface area contributed by atoms with Crippen LogP contribution in [0.3, 0.4) is 0 Å². The SMILES string of the molecule is CCOc1ccc(/C=C(\C#N)c2nc(-c3ccc(Cl)cc3)cs2)c(OCC)c1. The third kappa shape index (κ3) is 4.72. The second kappa shape index (κ2) is 9.41. The van der Waals surface area contributed by atoms with Crippen LogP contribution < -0.4 is 9.47 Å². The van der Waals surface area contributed by atoms with Gasteiger partial charge in [0.1, 0.15) is 22.6 Å². The maximum absolute atomic E-state index is 9.68. The molecule has 28 heavy (non-hydrogen) atoms. The van der Waals surface area contributed by atoms with Gasteiger partial charge in [0.2, 0.25) is 0 Å². The van der Waals surface area contributed by atoms with Gasteiger partial charge < -0.3 is 9.47 Å². The van der Waals surface area contributed by atoms with E-state index in [0.29, 0.717) is 34.6 Å². The zero-order valence-corrected chi connectivity index (χ0v) is 17.2. The molecule has 0 fully saturated rings. The smallest absolute Gasteiger partial charge is 0.134 e.